The first kappa shape index (κ1) is 32.3. The zero-order valence-electron chi connectivity index (χ0n) is 23.9. The Morgan fingerprint density at radius 3 is 2.13 bits per heavy atom. The first-order valence-electron chi connectivity index (χ1n) is 14.1. The molecule has 2 fully saturated rings. The van der Waals surface area contributed by atoms with Crippen LogP contribution in [0, 0.1) is 29.1 Å². The monoisotopic (exact) mass is 653 g/mol. The predicted octanol–water partition coefficient (Wildman–Crippen LogP) is 5.31. The zero-order chi connectivity index (χ0) is 32.6. The van der Waals surface area contributed by atoms with Crippen LogP contribution in [-0.2, 0) is 26.1 Å². The van der Waals surface area contributed by atoms with Gasteiger partial charge >= 0.3 is 5.97 Å². The van der Waals surface area contributed by atoms with Crippen molar-refractivity contribution in [3.05, 3.63) is 82.4 Å². The number of methoxy groups -OCH3 is 1. The van der Waals surface area contributed by atoms with E-state index in [1.54, 1.807) is 12.3 Å². The molecule has 1 aromatic heterocycles. The van der Waals surface area contributed by atoms with Gasteiger partial charge in [-0.1, -0.05) is 25.3 Å². The quantitative estimate of drug-likeness (QED) is 0.152. The Balaban J connectivity index is 1.49. The van der Waals surface area contributed by atoms with E-state index in [2.05, 4.69) is 9.72 Å². The van der Waals surface area contributed by atoms with Gasteiger partial charge in [0.25, 0.3) is 0 Å². The van der Waals surface area contributed by atoms with E-state index in [1.165, 1.54) is 12.1 Å². The van der Waals surface area contributed by atoms with Crippen LogP contribution in [0.1, 0.15) is 66.1 Å². The first-order chi connectivity index (χ1) is 21.4. The molecule has 1 N–H and O–H groups in total. The molecule has 1 atom stereocenters. The molecule has 240 valence electrons. The number of amides is 1. The average Bonchev–Trinajstić information content (AvgIpc) is 3.01. The SMILES string of the molecule is COC(=O)c1ccc(N(Cc2ccc(C3CCCCC3)nc2)C(=O)[C@H]2CCN2S(=O)(=O)c2c(F)c(F)c(F)c(F)c2F)cc1O. The number of nitrogens with zero attached hydrogens (tertiary/aromatic N) is 3. The summed E-state index contributed by atoms with van der Waals surface area (Å²) in [5, 5.41) is 10.5. The maximum atomic E-state index is 14.5. The molecule has 1 aliphatic heterocycles. The molecule has 1 saturated carbocycles. The van der Waals surface area contributed by atoms with Crippen LogP contribution in [0.25, 0.3) is 0 Å². The van der Waals surface area contributed by atoms with E-state index >= 15 is 0 Å². The van der Waals surface area contributed by atoms with Gasteiger partial charge in [0.05, 0.1) is 13.7 Å². The van der Waals surface area contributed by atoms with E-state index in [9.17, 15) is 45.1 Å². The number of carbonyl (C=O) groups excluding carboxylic acids is 2. The van der Waals surface area contributed by atoms with Crippen molar-refractivity contribution in [2.24, 2.45) is 0 Å². The third-order valence-corrected chi connectivity index (χ3v) is 10.1. The summed E-state index contributed by atoms with van der Waals surface area (Å²) in [6.45, 7) is -0.656. The smallest absolute Gasteiger partial charge is 0.341 e. The van der Waals surface area contributed by atoms with E-state index in [1.807, 2.05) is 6.07 Å². The van der Waals surface area contributed by atoms with E-state index in [-0.39, 0.29) is 24.2 Å². The second-order valence-corrected chi connectivity index (χ2v) is 12.7. The van der Waals surface area contributed by atoms with Crippen molar-refractivity contribution in [3.8, 4) is 5.75 Å². The van der Waals surface area contributed by atoms with Crippen molar-refractivity contribution in [1.29, 1.82) is 0 Å². The topological polar surface area (TPSA) is 117 Å². The summed E-state index contributed by atoms with van der Waals surface area (Å²) < 4.78 is 102. The van der Waals surface area contributed by atoms with E-state index in [4.69, 9.17) is 0 Å². The van der Waals surface area contributed by atoms with Crippen molar-refractivity contribution >= 4 is 27.6 Å². The molecule has 3 aromatic rings. The molecule has 5 rings (SSSR count). The first-order valence-corrected chi connectivity index (χ1v) is 15.5. The number of pyridine rings is 1. The molecule has 2 aromatic carbocycles. The van der Waals surface area contributed by atoms with E-state index in [0.717, 1.165) is 55.9 Å². The number of ether oxygens (including phenoxy) is 1. The standard InChI is InChI=1S/C30H28F5N3O6S/c1-44-30(41)19-9-8-18(13-22(19)39)37(15-16-7-10-20(36-14-16)17-5-3-2-4-6-17)29(40)21-11-12-38(21)45(42,43)28-26(34)24(32)23(31)25(33)27(28)35/h7-10,13-14,17,21,39H,2-6,11-12,15H2,1H3/t21-/m1/s1. The molecule has 15 heteroatoms. The summed E-state index contributed by atoms with van der Waals surface area (Å²) in [7, 11) is -4.29. The Morgan fingerprint density at radius 2 is 1.60 bits per heavy atom. The van der Waals surface area contributed by atoms with Gasteiger partial charge in [-0.25, -0.2) is 35.2 Å². The van der Waals surface area contributed by atoms with Crippen LogP contribution in [0.3, 0.4) is 0 Å². The number of hydrogen-bond donors (Lipinski definition) is 1. The van der Waals surface area contributed by atoms with Gasteiger partial charge in [-0.15, -0.1) is 0 Å². The molecular formula is C30H28F5N3O6S. The number of phenolic OH excluding ortho intramolecular Hbond substituents is 1. The molecule has 45 heavy (non-hydrogen) atoms. The van der Waals surface area contributed by atoms with Crippen molar-refractivity contribution in [2.75, 3.05) is 18.6 Å². The number of aromatic hydroxyl groups is 1. The number of anilines is 1. The Bertz CT molecular complexity index is 1720. The molecule has 1 amide bonds. The molecule has 2 aliphatic rings. The summed E-state index contributed by atoms with van der Waals surface area (Å²) in [4.78, 5) is 29.5. The number of hydrogen-bond acceptors (Lipinski definition) is 7. The minimum Gasteiger partial charge on any atom is -0.507 e. The van der Waals surface area contributed by atoms with Crippen LogP contribution < -0.4 is 4.90 Å². The van der Waals surface area contributed by atoms with Gasteiger partial charge in [-0.05, 0) is 43.0 Å². The highest BCUT2D eigenvalue weighted by Gasteiger charge is 2.48. The van der Waals surface area contributed by atoms with Gasteiger partial charge in [0.15, 0.2) is 28.2 Å². The number of carbonyl (C=O) groups is 2. The lowest BCUT2D eigenvalue weighted by Gasteiger charge is -2.41. The van der Waals surface area contributed by atoms with E-state index in [0.29, 0.717) is 15.8 Å². The number of aromatic nitrogens is 1. The highest BCUT2D eigenvalue weighted by molar-refractivity contribution is 7.89. The highest BCUT2D eigenvalue weighted by atomic mass is 32.2. The summed E-state index contributed by atoms with van der Waals surface area (Å²) in [5.74, 6) is -14.5. The van der Waals surface area contributed by atoms with Gasteiger partial charge in [0.1, 0.15) is 17.4 Å². The fraction of sp³-hybridized carbons (Fsp3) is 0.367. The van der Waals surface area contributed by atoms with Crippen molar-refractivity contribution in [2.45, 2.75) is 61.9 Å². The third-order valence-electron chi connectivity index (χ3n) is 8.17. The number of benzene rings is 2. The van der Waals surface area contributed by atoms with Crippen molar-refractivity contribution in [1.82, 2.24) is 9.29 Å². The van der Waals surface area contributed by atoms with Crippen LogP contribution in [0.5, 0.6) is 5.75 Å². The van der Waals surface area contributed by atoms with Crippen LogP contribution >= 0.6 is 0 Å². The Labute approximate surface area is 255 Å². The van der Waals surface area contributed by atoms with Gasteiger partial charge in [0.2, 0.25) is 21.7 Å². The summed E-state index contributed by atoms with van der Waals surface area (Å²) in [5.41, 5.74) is 1.19. The lowest BCUT2D eigenvalue weighted by Crippen LogP contribution is -2.59. The maximum absolute atomic E-state index is 14.5. The number of sulfonamides is 1. The highest BCUT2D eigenvalue weighted by Crippen LogP contribution is 2.36. The number of halogens is 5. The third kappa shape index (κ3) is 5.98. The molecule has 9 nitrogen and oxygen atoms in total. The van der Waals surface area contributed by atoms with Crippen molar-refractivity contribution < 1.29 is 49.8 Å². The van der Waals surface area contributed by atoms with Gasteiger partial charge in [0, 0.05) is 36.1 Å². The molecule has 1 saturated heterocycles. The number of rotatable bonds is 8. The summed E-state index contributed by atoms with van der Waals surface area (Å²) >= 11 is 0. The van der Waals surface area contributed by atoms with Crippen LogP contribution in [0.15, 0.2) is 41.4 Å². The predicted molar refractivity (Wildman–Crippen MR) is 149 cm³/mol. The minimum absolute atomic E-state index is 0.0157. The average molecular weight is 654 g/mol. The molecule has 2 heterocycles. The Hall–Kier alpha value is -4.11. The van der Waals surface area contributed by atoms with Crippen molar-refractivity contribution in [3.63, 3.8) is 0 Å². The molecule has 0 unspecified atom stereocenters. The molecular weight excluding hydrogens is 625 g/mol. The van der Waals surface area contributed by atoms with Crippen LogP contribution in [-0.4, -0.2) is 54.4 Å². The van der Waals surface area contributed by atoms with Gasteiger partial charge in [-0.2, -0.15) is 4.31 Å². The second-order valence-electron chi connectivity index (χ2n) is 10.9. The normalized spacial score (nSPS) is 17.5. The van der Waals surface area contributed by atoms with Crippen LogP contribution in [0.4, 0.5) is 27.6 Å². The lowest BCUT2D eigenvalue weighted by molar-refractivity contribution is -0.125. The molecule has 0 spiro atoms. The molecule has 0 bridgehead atoms. The van der Waals surface area contributed by atoms with Gasteiger partial charge < -0.3 is 14.7 Å². The van der Waals surface area contributed by atoms with Gasteiger partial charge in [-0.3, -0.25) is 9.78 Å². The Kier molecular flexibility index (Phi) is 9.12. The summed E-state index contributed by atoms with van der Waals surface area (Å²) in [6, 6.07) is 5.54. The second kappa shape index (κ2) is 12.7. The number of phenols is 1. The fourth-order valence-electron chi connectivity index (χ4n) is 5.63. The fourth-order valence-corrected chi connectivity index (χ4v) is 7.37. The maximum Gasteiger partial charge on any atom is 0.341 e. The molecule has 1 aliphatic carbocycles. The minimum atomic E-state index is -5.39. The lowest BCUT2D eigenvalue weighted by atomic mass is 9.86. The van der Waals surface area contributed by atoms with Crippen LogP contribution in [0.2, 0.25) is 0 Å². The van der Waals surface area contributed by atoms with E-state index < -0.39 is 74.2 Å². The number of esters is 1. The summed E-state index contributed by atoms with van der Waals surface area (Å²) in [6.07, 6.45) is 6.74. The zero-order valence-corrected chi connectivity index (χ0v) is 24.7. The largest absolute Gasteiger partial charge is 0.507 e. The Morgan fingerprint density at radius 1 is 0.956 bits per heavy atom. The molecule has 0 radical (unpaired) electrons.